The predicted octanol–water partition coefficient (Wildman–Crippen LogP) is 5.07. The molecule has 0 amide bonds. The van der Waals surface area contributed by atoms with E-state index in [9.17, 15) is 8.42 Å². The number of nitrogens with zero attached hydrogens (tertiary/aromatic N) is 4. The van der Waals surface area contributed by atoms with Crippen molar-refractivity contribution in [3.05, 3.63) is 0 Å². The van der Waals surface area contributed by atoms with Crippen molar-refractivity contribution in [3.63, 3.8) is 0 Å². The monoisotopic (exact) mass is 318 g/mol. The molecule has 0 aromatic rings. The Labute approximate surface area is 129 Å². The Morgan fingerprint density at radius 2 is 1.24 bits per heavy atom. The molecule has 6 nitrogen and oxygen atoms in total. The zero-order valence-electron chi connectivity index (χ0n) is 13.9. The van der Waals surface area contributed by atoms with E-state index in [4.69, 9.17) is 0 Å². The Bertz CT molecular complexity index is 397. The molecule has 0 unspecified atom stereocenters. The van der Waals surface area contributed by atoms with Crippen molar-refractivity contribution in [2.24, 2.45) is 19.3 Å². The second-order valence-corrected chi connectivity index (χ2v) is 6.67. The molecule has 0 saturated carbocycles. The van der Waals surface area contributed by atoms with Gasteiger partial charge in [0.2, 0.25) is 0 Å². The van der Waals surface area contributed by atoms with Crippen molar-refractivity contribution in [1.82, 2.24) is 0 Å². The fraction of sp³-hybridized carbons (Fsp3) is 1.00. The van der Waals surface area contributed by atoms with Gasteiger partial charge in [-0.15, -0.1) is 0 Å². The van der Waals surface area contributed by atoms with Gasteiger partial charge < -0.3 is 0 Å². The van der Waals surface area contributed by atoms with Gasteiger partial charge in [0.15, 0.2) is 0 Å². The molecule has 21 heavy (non-hydrogen) atoms. The van der Waals surface area contributed by atoms with Crippen LogP contribution in [0.4, 0.5) is 0 Å². The van der Waals surface area contributed by atoms with Gasteiger partial charge in [0.05, 0.1) is 12.6 Å². The molecule has 0 fully saturated rings. The second-order valence-electron chi connectivity index (χ2n) is 5.45. The fourth-order valence-corrected chi connectivity index (χ4v) is 2.82. The zero-order chi connectivity index (χ0) is 16.2. The zero-order valence-corrected chi connectivity index (χ0v) is 14.7. The lowest BCUT2D eigenvalue weighted by molar-refractivity contribution is 0.304. The summed E-state index contributed by atoms with van der Waals surface area (Å²) in [6.07, 6.45) is 8.93. The van der Waals surface area contributed by atoms with Crippen LogP contribution in [0.5, 0.6) is 0 Å². The van der Waals surface area contributed by atoms with Crippen LogP contribution in [-0.2, 0) is 10.2 Å². The molecule has 0 saturated heterocycles. The number of hydrogen-bond acceptors (Lipinski definition) is 4. The van der Waals surface area contributed by atoms with Gasteiger partial charge in [0.1, 0.15) is 0 Å². The third-order valence-corrected chi connectivity index (χ3v) is 4.19. The van der Waals surface area contributed by atoms with Crippen molar-refractivity contribution in [1.29, 1.82) is 0 Å². The van der Waals surface area contributed by atoms with Crippen molar-refractivity contribution >= 4 is 10.2 Å². The molecule has 7 heteroatoms. The van der Waals surface area contributed by atoms with Crippen LogP contribution in [0.15, 0.2) is 19.3 Å². The third-order valence-electron chi connectivity index (χ3n) is 3.53. The molecule has 0 atom stereocenters. The van der Waals surface area contributed by atoms with Crippen LogP contribution >= 0.6 is 0 Å². The number of hydrogen-bond donors (Lipinski definition) is 0. The maximum absolute atomic E-state index is 11.6. The first kappa shape index (κ1) is 20.1. The van der Waals surface area contributed by atoms with Gasteiger partial charge in [-0.3, -0.25) is 0 Å². The van der Waals surface area contributed by atoms with E-state index in [1.807, 2.05) is 0 Å². The Kier molecular flexibility index (Phi) is 10.4. The van der Waals surface area contributed by atoms with Crippen molar-refractivity contribution in [3.8, 4) is 0 Å². The van der Waals surface area contributed by atoms with Crippen LogP contribution in [0.1, 0.15) is 78.6 Å². The Morgan fingerprint density at radius 3 is 1.57 bits per heavy atom. The van der Waals surface area contributed by atoms with E-state index < -0.39 is 10.2 Å². The quantitative estimate of drug-likeness (QED) is 0.470. The first-order valence-electron chi connectivity index (χ1n) is 7.95. The van der Waals surface area contributed by atoms with Gasteiger partial charge in [0, 0.05) is 0 Å². The molecule has 0 N–H and O–H groups in total. The van der Waals surface area contributed by atoms with Gasteiger partial charge >= 0.3 is 10.2 Å². The fourth-order valence-electron chi connectivity index (χ4n) is 2.30. The highest BCUT2D eigenvalue weighted by atomic mass is 32.2. The molecule has 0 aliphatic heterocycles. The molecule has 0 bridgehead atoms. The average Bonchev–Trinajstić information content (AvgIpc) is 2.46. The minimum atomic E-state index is -3.92. The molecule has 124 valence electrons. The summed E-state index contributed by atoms with van der Waals surface area (Å²) in [7, 11) is -2.61. The van der Waals surface area contributed by atoms with Crippen LogP contribution < -0.4 is 0 Å². The number of rotatable bonds is 12. The molecular weight excluding hydrogens is 288 g/mol. The van der Waals surface area contributed by atoms with Gasteiger partial charge in [-0.1, -0.05) is 59.3 Å². The van der Waals surface area contributed by atoms with Gasteiger partial charge in [0.25, 0.3) is 0 Å². The molecule has 0 radical (unpaired) electrons. The molecule has 0 aliphatic rings. The minimum absolute atomic E-state index is 0.363. The Morgan fingerprint density at radius 1 is 0.810 bits per heavy atom. The lowest BCUT2D eigenvalue weighted by atomic mass is 9.83. The third kappa shape index (κ3) is 8.90. The van der Waals surface area contributed by atoms with Crippen molar-refractivity contribution < 1.29 is 8.42 Å². The summed E-state index contributed by atoms with van der Waals surface area (Å²) in [6.45, 7) is 6.39. The van der Waals surface area contributed by atoms with Crippen molar-refractivity contribution in [2.45, 2.75) is 84.1 Å². The molecule has 0 aromatic heterocycles. The van der Waals surface area contributed by atoms with E-state index in [0.29, 0.717) is 0 Å². The van der Waals surface area contributed by atoms with E-state index in [-0.39, 0.29) is 5.54 Å². The number of unbranched alkanes of at least 4 members (excludes halogenated alkanes) is 3. The second kappa shape index (κ2) is 10.8. The normalized spacial score (nSPS) is 13.5. The molecule has 0 aromatic carbocycles. The summed E-state index contributed by atoms with van der Waals surface area (Å²) in [6, 6.07) is 0. The minimum Gasteiger partial charge on any atom is -0.179 e. The molecule has 0 aliphatic carbocycles. The topological polar surface area (TPSA) is 83.6 Å². The summed E-state index contributed by atoms with van der Waals surface area (Å²) in [5.41, 5.74) is -0.363. The summed E-state index contributed by atoms with van der Waals surface area (Å²) in [5, 5.41) is 7.52. The Hall–Kier alpha value is -0.850. The smallest absolute Gasteiger partial charge is 0.179 e. The highest BCUT2D eigenvalue weighted by Gasteiger charge is 2.29. The van der Waals surface area contributed by atoms with Crippen LogP contribution in [0, 0.1) is 0 Å². The first-order chi connectivity index (χ1) is 9.95. The average molecular weight is 318 g/mol. The van der Waals surface area contributed by atoms with Crippen molar-refractivity contribution in [2.75, 3.05) is 7.05 Å². The van der Waals surface area contributed by atoms with Gasteiger partial charge in [-0.2, -0.15) is 18.6 Å². The molecule has 0 heterocycles. The highest BCUT2D eigenvalue weighted by Crippen LogP contribution is 2.32. The van der Waals surface area contributed by atoms with E-state index in [1.165, 1.54) is 7.05 Å². The van der Waals surface area contributed by atoms with Crippen LogP contribution in [0.3, 0.4) is 0 Å². The first-order valence-corrected chi connectivity index (χ1v) is 9.35. The van der Waals surface area contributed by atoms with Crippen LogP contribution in [0.25, 0.3) is 0 Å². The van der Waals surface area contributed by atoms with E-state index >= 15 is 0 Å². The summed E-state index contributed by atoms with van der Waals surface area (Å²) >= 11 is 0. The predicted molar refractivity (Wildman–Crippen MR) is 85.9 cm³/mol. The standard InChI is InChI=1S/C14H30N4O2S/c1-5-8-11-14(12-9-6-2,13-10-7-3)16-18-21(19,20)17-15-4/h5-13H2,1-4H3. The van der Waals surface area contributed by atoms with E-state index in [1.54, 1.807) is 0 Å². The van der Waals surface area contributed by atoms with E-state index in [2.05, 4.69) is 40.0 Å². The highest BCUT2D eigenvalue weighted by molar-refractivity contribution is 7.88. The Balaban J connectivity index is 5.24. The summed E-state index contributed by atoms with van der Waals surface area (Å²) in [5.74, 6) is 0. The van der Waals surface area contributed by atoms with Crippen LogP contribution in [0.2, 0.25) is 0 Å². The van der Waals surface area contributed by atoms with Crippen LogP contribution in [-0.4, -0.2) is 21.0 Å². The summed E-state index contributed by atoms with van der Waals surface area (Å²) in [4.78, 5) is 0. The maximum atomic E-state index is 11.6. The SMILES string of the molecule is CCCCC(CCCC)(CCCC)N=NS(=O)(=O)N=NC. The molecule has 0 rings (SSSR count). The summed E-state index contributed by atoms with van der Waals surface area (Å²) < 4.78 is 29.8. The van der Waals surface area contributed by atoms with Gasteiger partial charge in [-0.25, -0.2) is 0 Å². The lowest BCUT2D eigenvalue weighted by Gasteiger charge is -2.28. The van der Waals surface area contributed by atoms with Gasteiger partial charge in [-0.05, 0) is 28.3 Å². The molecule has 0 spiro atoms. The maximum Gasteiger partial charge on any atom is 0.397 e. The lowest BCUT2D eigenvalue weighted by Crippen LogP contribution is -2.26. The largest absolute Gasteiger partial charge is 0.397 e. The molecular formula is C14H30N4O2S. The van der Waals surface area contributed by atoms with E-state index in [0.717, 1.165) is 57.8 Å².